The number of hydrogen-bond acceptors (Lipinski definition) is 3. The highest BCUT2D eigenvalue weighted by molar-refractivity contribution is 5.19. The molecule has 0 radical (unpaired) electrons. The van der Waals surface area contributed by atoms with E-state index in [9.17, 15) is 4.79 Å². The van der Waals surface area contributed by atoms with Gasteiger partial charge in [0.05, 0.1) is 5.69 Å². The van der Waals surface area contributed by atoms with Gasteiger partial charge in [-0.05, 0) is 12.5 Å². The lowest BCUT2D eigenvalue weighted by atomic mass is 9.91. The first-order chi connectivity index (χ1) is 9.25. The molecule has 0 atom stereocenters. The van der Waals surface area contributed by atoms with Crippen LogP contribution >= 0.6 is 0 Å². The second-order valence-corrected chi connectivity index (χ2v) is 6.72. The third-order valence-corrected chi connectivity index (χ3v) is 3.24. The molecule has 0 aliphatic heterocycles. The summed E-state index contributed by atoms with van der Waals surface area (Å²) in [6, 6.07) is 2.32. The van der Waals surface area contributed by atoms with Gasteiger partial charge in [-0.3, -0.25) is 4.79 Å². The fourth-order valence-electron chi connectivity index (χ4n) is 1.86. The Morgan fingerprint density at radius 3 is 2.50 bits per heavy atom. The zero-order valence-corrected chi connectivity index (χ0v) is 13.8. The minimum atomic E-state index is -0.0474. The second-order valence-electron chi connectivity index (χ2n) is 6.72. The Balaban J connectivity index is 3.16. The number of aryl methyl sites for hydroxylation is 1. The van der Waals surface area contributed by atoms with Crippen LogP contribution in [-0.2, 0) is 18.5 Å². The van der Waals surface area contributed by atoms with Gasteiger partial charge >= 0.3 is 0 Å². The number of aromatic nitrogens is 2. The SMILES string of the molecule is CCCCn1nc(C(C)(C)C)cc(CNC(C)C)c1=O. The molecule has 4 nitrogen and oxygen atoms in total. The molecule has 0 aromatic carbocycles. The molecule has 20 heavy (non-hydrogen) atoms. The van der Waals surface area contributed by atoms with Crippen molar-refractivity contribution in [1.29, 1.82) is 0 Å². The number of unbranched alkanes of at least 4 members (excludes halogenated alkanes) is 1. The normalized spacial score (nSPS) is 12.2. The van der Waals surface area contributed by atoms with Crippen LogP contribution in [0.15, 0.2) is 10.9 Å². The molecule has 0 unspecified atom stereocenters. The summed E-state index contributed by atoms with van der Waals surface area (Å²) >= 11 is 0. The summed E-state index contributed by atoms with van der Waals surface area (Å²) in [4.78, 5) is 12.4. The molecule has 0 bridgehead atoms. The monoisotopic (exact) mass is 279 g/mol. The lowest BCUT2D eigenvalue weighted by Crippen LogP contribution is -2.33. The van der Waals surface area contributed by atoms with Crippen molar-refractivity contribution in [3.05, 3.63) is 27.7 Å². The van der Waals surface area contributed by atoms with E-state index in [1.165, 1.54) is 0 Å². The van der Waals surface area contributed by atoms with Gasteiger partial charge in [0.15, 0.2) is 0 Å². The zero-order valence-electron chi connectivity index (χ0n) is 13.8. The van der Waals surface area contributed by atoms with E-state index in [2.05, 4.69) is 52.0 Å². The molecule has 0 saturated carbocycles. The minimum Gasteiger partial charge on any atom is -0.310 e. The Morgan fingerprint density at radius 1 is 1.35 bits per heavy atom. The van der Waals surface area contributed by atoms with Crippen molar-refractivity contribution < 1.29 is 0 Å². The van der Waals surface area contributed by atoms with Crippen LogP contribution in [0.5, 0.6) is 0 Å². The molecule has 4 heteroatoms. The largest absolute Gasteiger partial charge is 0.310 e. The lowest BCUT2D eigenvalue weighted by molar-refractivity contribution is 0.477. The van der Waals surface area contributed by atoms with Crippen molar-refractivity contribution in [2.75, 3.05) is 0 Å². The third-order valence-electron chi connectivity index (χ3n) is 3.24. The van der Waals surface area contributed by atoms with E-state index < -0.39 is 0 Å². The van der Waals surface area contributed by atoms with Gasteiger partial charge in [-0.15, -0.1) is 0 Å². The van der Waals surface area contributed by atoms with Gasteiger partial charge in [-0.1, -0.05) is 48.0 Å². The van der Waals surface area contributed by atoms with E-state index in [1.54, 1.807) is 4.68 Å². The van der Waals surface area contributed by atoms with Crippen molar-refractivity contribution in [3.63, 3.8) is 0 Å². The summed E-state index contributed by atoms with van der Waals surface area (Å²) in [7, 11) is 0. The first-order valence-corrected chi connectivity index (χ1v) is 7.60. The summed E-state index contributed by atoms with van der Waals surface area (Å²) < 4.78 is 1.64. The molecule has 0 saturated heterocycles. The van der Waals surface area contributed by atoms with Crippen LogP contribution in [0.25, 0.3) is 0 Å². The van der Waals surface area contributed by atoms with E-state index >= 15 is 0 Å². The summed E-state index contributed by atoms with van der Waals surface area (Å²) in [5.41, 5.74) is 1.79. The molecule has 0 aliphatic rings. The Bertz CT molecular complexity index is 483. The van der Waals surface area contributed by atoms with Crippen molar-refractivity contribution in [2.24, 2.45) is 0 Å². The van der Waals surface area contributed by atoms with E-state index in [-0.39, 0.29) is 11.0 Å². The fourth-order valence-corrected chi connectivity index (χ4v) is 1.86. The van der Waals surface area contributed by atoms with Gasteiger partial charge in [-0.2, -0.15) is 5.10 Å². The topological polar surface area (TPSA) is 46.9 Å². The van der Waals surface area contributed by atoms with Crippen LogP contribution < -0.4 is 10.9 Å². The van der Waals surface area contributed by atoms with E-state index in [0.29, 0.717) is 19.1 Å². The van der Waals surface area contributed by atoms with Crippen molar-refractivity contribution >= 4 is 0 Å². The van der Waals surface area contributed by atoms with Gasteiger partial charge < -0.3 is 5.32 Å². The number of nitrogens with zero attached hydrogens (tertiary/aromatic N) is 2. The van der Waals surface area contributed by atoms with E-state index in [1.807, 2.05) is 6.07 Å². The van der Waals surface area contributed by atoms with Gasteiger partial charge in [0, 0.05) is 30.1 Å². The standard InChI is InChI=1S/C16H29N3O/c1-7-8-9-19-15(20)13(11-17-12(2)3)10-14(18-19)16(4,5)6/h10,12,17H,7-9,11H2,1-6H3. The van der Waals surface area contributed by atoms with Crippen LogP contribution in [0, 0.1) is 0 Å². The number of nitrogens with one attached hydrogen (secondary N) is 1. The molecule has 1 aromatic heterocycles. The van der Waals surface area contributed by atoms with Gasteiger partial charge in [0.25, 0.3) is 5.56 Å². The Morgan fingerprint density at radius 2 is 2.00 bits per heavy atom. The quantitative estimate of drug-likeness (QED) is 0.871. The first-order valence-electron chi connectivity index (χ1n) is 7.60. The molecule has 1 rings (SSSR count). The molecule has 0 amide bonds. The zero-order chi connectivity index (χ0) is 15.3. The Hall–Kier alpha value is -1.16. The molecule has 1 N–H and O–H groups in total. The average molecular weight is 279 g/mol. The molecule has 0 fully saturated rings. The maximum absolute atomic E-state index is 12.4. The van der Waals surface area contributed by atoms with Crippen LogP contribution in [0.3, 0.4) is 0 Å². The summed E-state index contributed by atoms with van der Waals surface area (Å²) in [6.45, 7) is 14.0. The summed E-state index contributed by atoms with van der Waals surface area (Å²) in [5, 5.41) is 7.87. The average Bonchev–Trinajstić information content (AvgIpc) is 2.34. The Labute approximate surface area is 122 Å². The highest BCUT2D eigenvalue weighted by Crippen LogP contribution is 2.19. The van der Waals surface area contributed by atoms with Crippen molar-refractivity contribution in [1.82, 2.24) is 15.1 Å². The van der Waals surface area contributed by atoms with E-state index in [0.717, 1.165) is 24.1 Å². The maximum atomic E-state index is 12.4. The predicted molar refractivity (Wildman–Crippen MR) is 84.1 cm³/mol. The minimum absolute atomic E-state index is 0.0413. The molecule has 1 heterocycles. The van der Waals surface area contributed by atoms with Gasteiger partial charge in [0.2, 0.25) is 0 Å². The number of rotatable bonds is 6. The highest BCUT2D eigenvalue weighted by atomic mass is 16.1. The molecule has 1 aromatic rings. The smallest absolute Gasteiger partial charge is 0.271 e. The lowest BCUT2D eigenvalue weighted by Gasteiger charge is -2.20. The second kappa shape index (κ2) is 7.02. The van der Waals surface area contributed by atoms with Crippen LogP contribution in [-0.4, -0.2) is 15.8 Å². The van der Waals surface area contributed by atoms with Gasteiger partial charge in [-0.25, -0.2) is 4.68 Å². The molecular weight excluding hydrogens is 250 g/mol. The number of hydrogen-bond donors (Lipinski definition) is 1. The first kappa shape index (κ1) is 16.9. The third kappa shape index (κ3) is 4.75. The maximum Gasteiger partial charge on any atom is 0.271 e. The Kier molecular flexibility index (Phi) is 5.93. The van der Waals surface area contributed by atoms with Crippen LogP contribution in [0.2, 0.25) is 0 Å². The van der Waals surface area contributed by atoms with Crippen molar-refractivity contribution in [2.45, 2.75) is 78.9 Å². The molecule has 0 spiro atoms. The van der Waals surface area contributed by atoms with Crippen LogP contribution in [0.4, 0.5) is 0 Å². The van der Waals surface area contributed by atoms with E-state index in [4.69, 9.17) is 0 Å². The molecule has 114 valence electrons. The molecular formula is C16H29N3O. The highest BCUT2D eigenvalue weighted by Gasteiger charge is 2.19. The van der Waals surface area contributed by atoms with Crippen molar-refractivity contribution in [3.8, 4) is 0 Å². The summed E-state index contributed by atoms with van der Waals surface area (Å²) in [6.07, 6.45) is 2.05. The predicted octanol–water partition coefficient (Wildman–Crippen LogP) is 2.84. The summed E-state index contributed by atoms with van der Waals surface area (Å²) in [5.74, 6) is 0. The molecule has 0 aliphatic carbocycles. The van der Waals surface area contributed by atoms with Crippen LogP contribution in [0.1, 0.15) is 65.6 Å². The fraction of sp³-hybridized carbons (Fsp3) is 0.750. The van der Waals surface area contributed by atoms with Gasteiger partial charge in [0.1, 0.15) is 0 Å².